The largest absolute Gasteiger partial charge is 0.457 e. The number of hydrogen-bond acceptors (Lipinski definition) is 3. The lowest BCUT2D eigenvalue weighted by Gasteiger charge is -2.09. The molecule has 0 aliphatic rings. The van der Waals surface area contributed by atoms with E-state index in [0.29, 0.717) is 17.3 Å². The number of amides is 2. The Morgan fingerprint density at radius 2 is 1.72 bits per heavy atom. The lowest BCUT2D eigenvalue weighted by molar-refractivity contribution is 0.251. The highest BCUT2D eigenvalue weighted by molar-refractivity contribution is 6.30. The first-order chi connectivity index (χ1) is 12.2. The fourth-order valence-electron chi connectivity index (χ4n) is 2.14. The highest BCUT2D eigenvalue weighted by Crippen LogP contribution is 2.20. The first-order valence-corrected chi connectivity index (χ1v) is 8.04. The number of hydrogen-bond donors (Lipinski definition) is 2. The van der Waals surface area contributed by atoms with E-state index in [9.17, 15) is 4.79 Å². The standard InChI is InChI=1S/C19H16ClN3O2/c20-15-2-1-3-16(12-15)23-19(24)22-13-14-4-6-17(7-5-14)25-18-8-10-21-11-9-18/h1-12H,13H2,(H2,22,23,24). The highest BCUT2D eigenvalue weighted by atomic mass is 35.5. The van der Waals surface area contributed by atoms with Gasteiger partial charge in [-0.2, -0.15) is 0 Å². The topological polar surface area (TPSA) is 63.2 Å². The highest BCUT2D eigenvalue weighted by Gasteiger charge is 2.03. The Bertz CT molecular complexity index is 839. The van der Waals surface area contributed by atoms with Crippen LogP contribution in [-0.4, -0.2) is 11.0 Å². The Hall–Kier alpha value is -3.05. The number of halogens is 1. The monoisotopic (exact) mass is 353 g/mol. The number of carbonyl (C=O) groups is 1. The number of pyridine rings is 1. The molecule has 0 radical (unpaired) electrons. The lowest BCUT2D eigenvalue weighted by atomic mass is 10.2. The van der Waals surface area contributed by atoms with Gasteiger partial charge in [0, 0.05) is 29.6 Å². The van der Waals surface area contributed by atoms with Crippen LogP contribution in [0.3, 0.4) is 0 Å². The van der Waals surface area contributed by atoms with Crippen LogP contribution >= 0.6 is 11.6 Å². The van der Waals surface area contributed by atoms with Crippen LogP contribution < -0.4 is 15.4 Å². The Balaban J connectivity index is 1.50. The van der Waals surface area contributed by atoms with Gasteiger partial charge in [0.25, 0.3) is 0 Å². The predicted octanol–water partition coefficient (Wildman–Crippen LogP) is 4.85. The number of urea groups is 1. The van der Waals surface area contributed by atoms with Crippen molar-refractivity contribution in [2.24, 2.45) is 0 Å². The van der Waals surface area contributed by atoms with E-state index < -0.39 is 0 Å². The number of anilines is 1. The maximum absolute atomic E-state index is 11.9. The van der Waals surface area contributed by atoms with Crippen LogP contribution in [0.5, 0.6) is 11.5 Å². The maximum Gasteiger partial charge on any atom is 0.319 e. The molecule has 0 saturated heterocycles. The summed E-state index contributed by atoms with van der Waals surface area (Å²) in [4.78, 5) is 15.9. The normalized spacial score (nSPS) is 10.1. The third-order valence-electron chi connectivity index (χ3n) is 3.34. The molecule has 0 fully saturated rings. The second kappa shape index (κ2) is 8.17. The summed E-state index contributed by atoms with van der Waals surface area (Å²) in [6.07, 6.45) is 3.35. The second-order valence-corrected chi connectivity index (χ2v) is 5.68. The summed E-state index contributed by atoms with van der Waals surface area (Å²) in [5.41, 5.74) is 1.61. The molecule has 1 aromatic heterocycles. The van der Waals surface area contributed by atoms with Crippen molar-refractivity contribution in [3.63, 3.8) is 0 Å². The maximum atomic E-state index is 11.9. The molecule has 0 bridgehead atoms. The minimum Gasteiger partial charge on any atom is -0.457 e. The molecular weight excluding hydrogens is 338 g/mol. The smallest absolute Gasteiger partial charge is 0.319 e. The predicted molar refractivity (Wildman–Crippen MR) is 98.1 cm³/mol. The van der Waals surface area contributed by atoms with Gasteiger partial charge in [-0.05, 0) is 48.0 Å². The Morgan fingerprint density at radius 1 is 1.00 bits per heavy atom. The Kier molecular flexibility index (Phi) is 5.49. The number of aromatic nitrogens is 1. The SMILES string of the molecule is O=C(NCc1ccc(Oc2ccncc2)cc1)Nc1cccc(Cl)c1. The molecule has 3 rings (SSSR count). The van der Waals surface area contributed by atoms with Crippen molar-refractivity contribution in [1.29, 1.82) is 0 Å². The van der Waals surface area contributed by atoms with Crippen molar-refractivity contribution in [3.05, 3.63) is 83.6 Å². The van der Waals surface area contributed by atoms with Gasteiger partial charge in [0.05, 0.1) is 0 Å². The molecule has 5 nitrogen and oxygen atoms in total. The number of nitrogens with one attached hydrogen (secondary N) is 2. The molecule has 0 saturated carbocycles. The van der Waals surface area contributed by atoms with Gasteiger partial charge in [-0.1, -0.05) is 29.8 Å². The van der Waals surface area contributed by atoms with Crippen molar-refractivity contribution in [2.45, 2.75) is 6.54 Å². The van der Waals surface area contributed by atoms with Crippen LogP contribution in [0, 0.1) is 0 Å². The van der Waals surface area contributed by atoms with E-state index in [0.717, 1.165) is 17.1 Å². The quantitative estimate of drug-likeness (QED) is 0.689. The molecular formula is C19H16ClN3O2. The van der Waals surface area contributed by atoms with Crippen LogP contribution in [0.1, 0.15) is 5.56 Å². The van der Waals surface area contributed by atoms with E-state index in [-0.39, 0.29) is 6.03 Å². The zero-order valence-corrected chi connectivity index (χ0v) is 14.0. The van der Waals surface area contributed by atoms with Gasteiger partial charge in [-0.15, -0.1) is 0 Å². The molecule has 0 atom stereocenters. The first kappa shape index (κ1) is 16.8. The average molecular weight is 354 g/mol. The van der Waals surface area contributed by atoms with Gasteiger partial charge < -0.3 is 15.4 Å². The summed E-state index contributed by atoms with van der Waals surface area (Å²) in [7, 11) is 0. The minimum absolute atomic E-state index is 0.292. The van der Waals surface area contributed by atoms with Gasteiger partial charge in [-0.25, -0.2) is 4.79 Å². The van der Waals surface area contributed by atoms with E-state index >= 15 is 0 Å². The third-order valence-corrected chi connectivity index (χ3v) is 3.58. The van der Waals surface area contributed by atoms with Gasteiger partial charge in [0.15, 0.2) is 0 Å². The molecule has 0 unspecified atom stereocenters. The minimum atomic E-state index is -0.292. The molecule has 0 aliphatic heterocycles. The summed E-state index contributed by atoms with van der Waals surface area (Å²) in [6, 6.07) is 17.8. The second-order valence-electron chi connectivity index (χ2n) is 5.25. The fraction of sp³-hybridized carbons (Fsp3) is 0.0526. The van der Waals surface area contributed by atoms with Gasteiger partial charge in [-0.3, -0.25) is 4.98 Å². The molecule has 2 aromatic carbocycles. The van der Waals surface area contributed by atoms with Crippen molar-refractivity contribution < 1.29 is 9.53 Å². The van der Waals surface area contributed by atoms with Crippen LogP contribution in [0.15, 0.2) is 73.1 Å². The molecule has 2 N–H and O–H groups in total. The third kappa shape index (κ3) is 5.22. The molecule has 2 amide bonds. The van der Waals surface area contributed by atoms with E-state index in [1.54, 1.807) is 48.8 Å². The van der Waals surface area contributed by atoms with Crippen molar-refractivity contribution in [3.8, 4) is 11.5 Å². The van der Waals surface area contributed by atoms with Crippen molar-refractivity contribution >= 4 is 23.3 Å². The van der Waals surface area contributed by atoms with Gasteiger partial charge in [0.2, 0.25) is 0 Å². The zero-order chi connectivity index (χ0) is 17.5. The van der Waals surface area contributed by atoms with Gasteiger partial charge in [0.1, 0.15) is 11.5 Å². The first-order valence-electron chi connectivity index (χ1n) is 7.66. The molecule has 0 spiro atoms. The number of nitrogens with zero attached hydrogens (tertiary/aromatic N) is 1. The van der Waals surface area contributed by atoms with E-state index in [1.807, 2.05) is 24.3 Å². The van der Waals surface area contributed by atoms with Crippen molar-refractivity contribution in [2.75, 3.05) is 5.32 Å². The lowest BCUT2D eigenvalue weighted by Crippen LogP contribution is -2.28. The fourth-order valence-corrected chi connectivity index (χ4v) is 2.33. The number of benzene rings is 2. The zero-order valence-electron chi connectivity index (χ0n) is 13.3. The molecule has 1 heterocycles. The molecule has 25 heavy (non-hydrogen) atoms. The summed E-state index contributed by atoms with van der Waals surface area (Å²) in [5.74, 6) is 1.44. The molecule has 0 aliphatic carbocycles. The van der Waals surface area contributed by atoms with Gasteiger partial charge >= 0.3 is 6.03 Å². The molecule has 3 aromatic rings. The van der Waals surface area contributed by atoms with Crippen LogP contribution in [0.4, 0.5) is 10.5 Å². The number of rotatable bonds is 5. The van der Waals surface area contributed by atoms with E-state index in [4.69, 9.17) is 16.3 Å². The number of ether oxygens (including phenoxy) is 1. The van der Waals surface area contributed by atoms with E-state index in [2.05, 4.69) is 15.6 Å². The summed E-state index contributed by atoms with van der Waals surface area (Å²) >= 11 is 5.89. The average Bonchev–Trinajstić information content (AvgIpc) is 2.62. The van der Waals surface area contributed by atoms with E-state index in [1.165, 1.54) is 0 Å². The van der Waals surface area contributed by atoms with Crippen LogP contribution in [0.25, 0.3) is 0 Å². The Morgan fingerprint density at radius 3 is 2.44 bits per heavy atom. The number of carbonyl (C=O) groups excluding carboxylic acids is 1. The summed E-state index contributed by atoms with van der Waals surface area (Å²) in [6.45, 7) is 0.405. The molecule has 6 heteroatoms. The van der Waals surface area contributed by atoms with Crippen molar-refractivity contribution in [1.82, 2.24) is 10.3 Å². The molecule has 126 valence electrons. The summed E-state index contributed by atoms with van der Waals surface area (Å²) in [5, 5.41) is 6.10. The van der Waals surface area contributed by atoms with Crippen LogP contribution in [-0.2, 0) is 6.54 Å². The van der Waals surface area contributed by atoms with Crippen LogP contribution in [0.2, 0.25) is 5.02 Å². The Labute approximate surface area is 150 Å². The summed E-state index contributed by atoms with van der Waals surface area (Å²) < 4.78 is 5.70.